The van der Waals surface area contributed by atoms with Crippen LogP contribution in [0, 0.1) is 0 Å². The van der Waals surface area contributed by atoms with Gasteiger partial charge in [-0.2, -0.15) is 5.21 Å². The summed E-state index contributed by atoms with van der Waals surface area (Å²) >= 11 is 0. The quantitative estimate of drug-likeness (QED) is 0.539. The van der Waals surface area contributed by atoms with E-state index in [4.69, 9.17) is 5.73 Å². The zero-order valence-corrected chi connectivity index (χ0v) is 5.20. The van der Waals surface area contributed by atoms with Crippen LogP contribution < -0.4 is 5.73 Å². The Morgan fingerprint density at radius 3 is 3.00 bits per heavy atom. The first-order chi connectivity index (χ1) is 4.29. The van der Waals surface area contributed by atoms with E-state index in [0.717, 1.165) is 0 Å². The average molecular weight is 127 g/mol. The van der Waals surface area contributed by atoms with Crippen molar-refractivity contribution in [2.24, 2.45) is 5.73 Å². The van der Waals surface area contributed by atoms with Gasteiger partial charge in [0.25, 0.3) is 0 Å². The Balaban J connectivity index is 2.48. The lowest BCUT2D eigenvalue weighted by molar-refractivity contribution is 0.703. The molecule has 0 fully saturated rings. The summed E-state index contributed by atoms with van der Waals surface area (Å²) in [5.41, 5.74) is 5.46. The van der Waals surface area contributed by atoms with Gasteiger partial charge in [-0.3, -0.25) is 0 Å². The number of rotatable bonds is 2. The summed E-state index contributed by atoms with van der Waals surface area (Å²) in [4.78, 5) is 0. The third kappa shape index (κ3) is 1.77. The molecule has 1 rings (SSSR count). The lowest BCUT2D eigenvalue weighted by atomic mass is 10.2. The molecule has 1 aromatic rings. The SMILES string of the molecule is C[C@@H](N)Cc1nn[nH]n1. The first-order valence-corrected chi connectivity index (χ1v) is 2.77. The predicted octanol–water partition coefficient (Wildman–Crippen LogP) is -0.911. The molecule has 0 saturated heterocycles. The van der Waals surface area contributed by atoms with E-state index >= 15 is 0 Å². The highest BCUT2D eigenvalue weighted by Gasteiger charge is 1.99. The number of H-pyrrole nitrogens is 1. The van der Waals surface area contributed by atoms with E-state index in [2.05, 4.69) is 20.6 Å². The van der Waals surface area contributed by atoms with Gasteiger partial charge in [-0.25, -0.2) is 0 Å². The number of hydrogen-bond donors (Lipinski definition) is 2. The minimum absolute atomic E-state index is 0.0996. The first kappa shape index (κ1) is 6.15. The Bertz CT molecular complexity index is 155. The van der Waals surface area contributed by atoms with E-state index in [1.54, 1.807) is 0 Å². The Morgan fingerprint density at radius 2 is 2.56 bits per heavy atom. The highest BCUT2D eigenvalue weighted by molar-refractivity contribution is 4.79. The van der Waals surface area contributed by atoms with E-state index in [9.17, 15) is 0 Å². The smallest absolute Gasteiger partial charge is 0.176 e. The topological polar surface area (TPSA) is 80.5 Å². The van der Waals surface area contributed by atoms with Crippen LogP contribution in [0.3, 0.4) is 0 Å². The molecule has 0 bridgehead atoms. The molecule has 0 aliphatic heterocycles. The van der Waals surface area contributed by atoms with Gasteiger partial charge in [0.1, 0.15) is 0 Å². The summed E-state index contributed by atoms with van der Waals surface area (Å²) in [5.74, 6) is 0.671. The second-order valence-corrected chi connectivity index (χ2v) is 2.01. The monoisotopic (exact) mass is 127 g/mol. The van der Waals surface area contributed by atoms with Crippen LogP contribution in [0.4, 0.5) is 0 Å². The molecule has 1 aromatic heterocycles. The van der Waals surface area contributed by atoms with Crippen LogP contribution in [-0.4, -0.2) is 26.7 Å². The molecule has 0 aromatic carbocycles. The molecule has 0 amide bonds. The van der Waals surface area contributed by atoms with Gasteiger partial charge in [-0.15, -0.1) is 10.2 Å². The lowest BCUT2D eigenvalue weighted by Crippen LogP contribution is -2.18. The van der Waals surface area contributed by atoms with Crippen LogP contribution >= 0.6 is 0 Å². The maximum absolute atomic E-state index is 5.46. The molecular formula is C4H9N5. The fourth-order valence-corrected chi connectivity index (χ4v) is 0.557. The Kier molecular flexibility index (Phi) is 1.74. The molecule has 0 aliphatic carbocycles. The minimum Gasteiger partial charge on any atom is -0.328 e. The predicted molar refractivity (Wildman–Crippen MR) is 31.5 cm³/mol. The van der Waals surface area contributed by atoms with Crippen LogP contribution in [0.5, 0.6) is 0 Å². The normalized spacial score (nSPS) is 13.6. The minimum atomic E-state index is 0.0996. The third-order valence-corrected chi connectivity index (χ3v) is 0.894. The standard InChI is InChI=1S/C4H9N5/c1-3(5)2-4-6-8-9-7-4/h3H,2,5H2,1H3,(H,6,7,8,9)/t3-/m1/s1. The van der Waals surface area contributed by atoms with Crippen LogP contribution in [-0.2, 0) is 6.42 Å². The second-order valence-electron chi connectivity index (χ2n) is 2.01. The average Bonchev–Trinajstić information content (AvgIpc) is 2.15. The number of nitrogens with one attached hydrogen (secondary N) is 1. The Morgan fingerprint density at radius 1 is 1.78 bits per heavy atom. The zero-order chi connectivity index (χ0) is 6.69. The number of tetrazole rings is 1. The lowest BCUT2D eigenvalue weighted by Gasteiger charge is -1.96. The van der Waals surface area contributed by atoms with Gasteiger partial charge in [0.15, 0.2) is 5.82 Å². The molecular weight excluding hydrogens is 118 g/mol. The fraction of sp³-hybridized carbons (Fsp3) is 0.750. The van der Waals surface area contributed by atoms with Gasteiger partial charge >= 0.3 is 0 Å². The van der Waals surface area contributed by atoms with Crippen molar-refractivity contribution in [2.75, 3.05) is 0 Å². The highest BCUT2D eigenvalue weighted by Crippen LogP contribution is 1.87. The van der Waals surface area contributed by atoms with Crippen molar-refractivity contribution >= 4 is 0 Å². The highest BCUT2D eigenvalue weighted by atomic mass is 15.5. The number of nitrogens with two attached hydrogens (primary N) is 1. The molecule has 0 unspecified atom stereocenters. The van der Waals surface area contributed by atoms with E-state index < -0.39 is 0 Å². The summed E-state index contributed by atoms with van der Waals surface area (Å²) in [6.45, 7) is 1.90. The van der Waals surface area contributed by atoms with Crippen molar-refractivity contribution < 1.29 is 0 Å². The third-order valence-electron chi connectivity index (χ3n) is 0.894. The van der Waals surface area contributed by atoms with Crippen molar-refractivity contribution in [2.45, 2.75) is 19.4 Å². The van der Waals surface area contributed by atoms with Crippen molar-refractivity contribution in [3.8, 4) is 0 Å². The number of aromatic amines is 1. The van der Waals surface area contributed by atoms with Crippen LogP contribution in [0.15, 0.2) is 0 Å². The molecule has 0 saturated carbocycles. The summed E-state index contributed by atoms with van der Waals surface area (Å²) in [6.07, 6.45) is 0.677. The molecule has 9 heavy (non-hydrogen) atoms. The molecule has 0 radical (unpaired) electrons. The maximum atomic E-state index is 5.46. The largest absolute Gasteiger partial charge is 0.328 e. The van der Waals surface area contributed by atoms with Crippen LogP contribution in [0.2, 0.25) is 0 Å². The molecule has 1 atom stereocenters. The maximum Gasteiger partial charge on any atom is 0.176 e. The van der Waals surface area contributed by atoms with Gasteiger partial charge in [-0.05, 0) is 6.92 Å². The van der Waals surface area contributed by atoms with E-state index in [1.165, 1.54) is 0 Å². The van der Waals surface area contributed by atoms with Gasteiger partial charge in [0, 0.05) is 12.5 Å². The Labute approximate surface area is 52.6 Å². The second kappa shape index (κ2) is 2.54. The fourth-order valence-electron chi connectivity index (χ4n) is 0.557. The van der Waals surface area contributed by atoms with Gasteiger partial charge in [0.05, 0.1) is 0 Å². The van der Waals surface area contributed by atoms with Crippen molar-refractivity contribution in [1.29, 1.82) is 0 Å². The van der Waals surface area contributed by atoms with Crippen molar-refractivity contribution in [3.63, 3.8) is 0 Å². The molecule has 3 N–H and O–H groups in total. The van der Waals surface area contributed by atoms with E-state index in [1.807, 2.05) is 6.92 Å². The summed E-state index contributed by atoms with van der Waals surface area (Å²) in [5, 5.41) is 13.2. The summed E-state index contributed by atoms with van der Waals surface area (Å²) in [7, 11) is 0. The number of hydrogen-bond acceptors (Lipinski definition) is 4. The van der Waals surface area contributed by atoms with Crippen LogP contribution in [0.25, 0.3) is 0 Å². The van der Waals surface area contributed by atoms with Crippen molar-refractivity contribution in [3.05, 3.63) is 5.82 Å². The zero-order valence-electron chi connectivity index (χ0n) is 5.20. The molecule has 1 heterocycles. The molecule has 5 nitrogen and oxygen atoms in total. The van der Waals surface area contributed by atoms with Gasteiger partial charge < -0.3 is 5.73 Å². The molecule has 50 valence electrons. The van der Waals surface area contributed by atoms with Crippen molar-refractivity contribution in [1.82, 2.24) is 20.6 Å². The molecule has 5 heteroatoms. The summed E-state index contributed by atoms with van der Waals surface area (Å²) in [6, 6.07) is 0.0996. The van der Waals surface area contributed by atoms with Gasteiger partial charge in [0.2, 0.25) is 0 Å². The Hall–Kier alpha value is -0.970. The van der Waals surface area contributed by atoms with E-state index in [0.29, 0.717) is 12.2 Å². The number of aromatic nitrogens is 4. The first-order valence-electron chi connectivity index (χ1n) is 2.77. The molecule has 0 spiro atoms. The number of nitrogens with zero attached hydrogens (tertiary/aromatic N) is 3. The van der Waals surface area contributed by atoms with Crippen LogP contribution in [0.1, 0.15) is 12.7 Å². The van der Waals surface area contributed by atoms with E-state index in [-0.39, 0.29) is 6.04 Å². The summed E-state index contributed by atoms with van der Waals surface area (Å²) < 4.78 is 0. The van der Waals surface area contributed by atoms with Gasteiger partial charge in [-0.1, -0.05) is 5.21 Å². The molecule has 0 aliphatic rings.